The number of aromatic nitrogens is 1. The quantitative estimate of drug-likeness (QED) is 0.319. The van der Waals surface area contributed by atoms with Crippen LogP contribution in [0.1, 0.15) is 49.8 Å². The second-order valence-electron chi connectivity index (χ2n) is 7.66. The van der Waals surface area contributed by atoms with Crippen LogP contribution in [-0.2, 0) is 19.3 Å². The number of ether oxygens (including phenoxy) is 1. The van der Waals surface area contributed by atoms with Crippen molar-refractivity contribution in [2.24, 2.45) is 0 Å². The van der Waals surface area contributed by atoms with Crippen LogP contribution in [0.4, 0.5) is 5.69 Å². The average Bonchev–Trinajstić information content (AvgIpc) is 3.38. The number of thiophene rings is 2. The molecule has 3 heterocycles. The van der Waals surface area contributed by atoms with Crippen LogP contribution in [0.15, 0.2) is 41.8 Å². The lowest BCUT2D eigenvalue weighted by Gasteiger charge is -2.20. The van der Waals surface area contributed by atoms with Crippen molar-refractivity contribution in [3.05, 3.63) is 73.9 Å². The van der Waals surface area contributed by atoms with Gasteiger partial charge in [-0.05, 0) is 66.8 Å². The molecule has 0 saturated heterocycles. The minimum absolute atomic E-state index is 0.408. The Hall–Kier alpha value is -2.70. The van der Waals surface area contributed by atoms with Gasteiger partial charge in [0.2, 0.25) is 0 Å². The van der Waals surface area contributed by atoms with Gasteiger partial charge in [-0.2, -0.15) is 0 Å². The number of carbonyl (C=O) groups is 1. The zero-order chi connectivity index (χ0) is 20.7. The number of nitrogens with zero attached hydrogens (tertiary/aromatic N) is 1. The molecule has 0 amide bonds. The smallest absolute Gasteiger partial charge is 0.355 e. The van der Waals surface area contributed by atoms with E-state index in [0.717, 1.165) is 47.2 Å². The van der Waals surface area contributed by atoms with Crippen molar-refractivity contribution in [3.63, 3.8) is 0 Å². The number of nitrogen functional groups attached to an aromatic ring is 1. The molecule has 4 nitrogen and oxygen atoms in total. The van der Waals surface area contributed by atoms with Crippen molar-refractivity contribution in [1.29, 1.82) is 0 Å². The van der Waals surface area contributed by atoms with Crippen LogP contribution in [0.3, 0.4) is 0 Å². The van der Waals surface area contributed by atoms with E-state index in [1.54, 1.807) is 17.4 Å². The van der Waals surface area contributed by atoms with Crippen LogP contribution in [0.2, 0.25) is 0 Å². The van der Waals surface area contributed by atoms with Crippen molar-refractivity contribution >= 4 is 44.5 Å². The second kappa shape index (κ2) is 7.85. The summed E-state index contributed by atoms with van der Waals surface area (Å²) in [6.07, 6.45) is 5.15. The predicted octanol–water partition coefficient (Wildman–Crippen LogP) is 5.94. The molecule has 0 spiro atoms. The number of esters is 1. The fourth-order valence-corrected chi connectivity index (χ4v) is 5.92. The number of anilines is 1. The summed E-state index contributed by atoms with van der Waals surface area (Å²) >= 11 is 3.10. The van der Waals surface area contributed by atoms with Crippen molar-refractivity contribution in [2.75, 3.05) is 5.73 Å². The maximum absolute atomic E-state index is 12.9. The fraction of sp³-hybridized carbons (Fsp3) is 0.250. The molecule has 5 rings (SSSR count). The largest absolute Gasteiger partial charge is 0.422 e. The minimum Gasteiger partial charge on any atom is -0.422 e. The highest BCUT2D eigenvalue weighted by Gasteiger charge is 2.26. The van der Waals surface area contributed by atoms with Gasteiger partial charge in [0.05, 0.1) is 11.4 Å². The van der Waals surface area contributed by atoms with Gasteiger partial charge >= 0.3 is 5.97 Å². The van der Waals surface area contributed by atoms with Gasteiger partial charge in [0, 0.05) is 16.7 Å². The summed E-state index contributed by atoms with van der Waals surface area (Å²) in [5, 5.41) is 3.06. The summed E-state index contributed by atoms with van der Waals surface area (Å²) in [6, 6.07) is 11.7. The zero-order valence-electron chi connectivity index (χ0n) is 16.7. The molecule has 3 aromatic heterocycles. The number of rotatable bonds is 4. The molecular formula is C24H22N2O2S2. The highest BCUT2D eigenvalue weighted by Crippen LogP contribution is 2.40. The Labute approximate surface area is 183 Å². The summed E-state index contributed by atoms with van der Waals surface area (Å²) in [5.41, 5.74) is 11.7. The summed E-state index contributed by atoms with van der Waals surface area (Å²) in [5.74, 6) is 0.155. The van der Waals surface area contributed by atoms with E-state index in [-0.39, 0.29) is 0 Å². The molecule has 1 aliphatic rings. The molecule has 0 aliphatic heterocycles. The first-order chi connectivity index (χ1) is 14.6. The molecule has 2 N–H and O–H groups in total. The van der Waals surface area contributed by atoms with Crippen LogP contribution in [0.25, 0.3) is 10.2 Å². The Morgan fingerprint density at radius 3 is 2.70 bits per heavy atom. The third-order valence-electron chi connectivity index (χ3n) is 5.68. The van der Waals surface area contributed by atoms with Gasteiger partial charge in [-0.25, -0.2) is 9.78 Å². The van der Waals surface area contributed by atoms with Gasteiger partial charge in [0.1, 0.15) is 15.5 Å². The first kappa shape index (κ1) is 19.3. The van der Waals surface area contributed by atoms with Gasteiger partial charge in [-0.15, -0.1) is 22.7 Å². The minimum atomic E-state index is -0.408. The molecule has 6 heteroatoms. The highest BCUT2D eigenvalue weighted by atomic mass is 32.1. The number of benzene rings is 1. The van der Waals surface area contributed by atoms with E-state index in [1.807, 2.05) is 25.1 Å². The maximum atomic E-state index is 12.9. The molecule has 0 radical (unpaired) electrons. The van der Waals surface area contributed by atoms with Gasteiger partial charge in [-0.3, -0.25) is 0 Å². The van der Waals surface area contributed by atoms with Crippen LogP contribution in [-0.4, -0.2) is 11.0 Å². The second-order valence-corrected chi connectivity index (χ2v) is 9.69. The SMILES string of the molecule is Cc1ccccc1OC(=O)c1sc2nc(Cc3cccs3)c3c(c2c1N)CCCC3. The van der Waals surface area contributed by atoms with Crippen molar-refractivity contribution < 1.29 is 9.53 Å². The predicted molar refractivity (Wildman–Crippen MR) is 124 cm³/mol. The lowest BCUT2D eigenvalue weighted by atomic mass is 9.88. The van der Waals surface area contributed by atoms with E-state index in [1.165, 1.54) is 33.8 Å². The molecular weight excluding hydrogens is 412 g/mol. The normalized spacial score (nSPS) is 13.4. The number of aryl methyl sites for hydroxylation is 2. The third-order valence-corrected chi connectivity index (χ3v) is 7.64. The number of hydrogen-bond donors (Lipinski definition) is 1. The van der Waals surface area contributed by atoms with Crippen molar-refractivity contribution in [2.45, 2.75) is 39.0 Å². The Bertz CT molecular complexity index is 1240. The first-order valence-corrected chi connectivity index (χ1v) is 11.8. The van der Waals surface area contributed by atoms with Crippen LogP contribution >= 0.6 is 22.7 Å². The monoisotopic (exact) mass is 434 g/mol. The summed E-state index contributed by atoms with van der Waals surface area (Å²) < 4.78 is 5.67. The summed E-state index contributed by atoms with van der Waals surface area (Å²) in [7, 11) is 0. The molecule has 1 aliphatic carbocycles. The van der Waals surface area contributed by atoms with Crippen LogP contribution in [0.5, 0.6) is 5.75 Å². The number of pyridine rings is 1. The van der Waals surface area contributed by atoms with E-state index in [9.17, 15) is 4.79 Å². The van der Waals surface area contributed by atoms with Gasteiger partial charge in [0.25, 0.3) is 0 Å². The Balaban J connectivity index is 1.59. The molecule has 0 fully saturated rings. The third kappa shape index (κ3) is 3.40. The molecule has 30 heavy (non-hydrogen) atoms. The highest BCUT2D eigenvalue weighted by molar-refractivity contribution is 7.21. The number of carbonyl (C=O) groups excluding carboxylic acids is 1. The lowest BCUT2D eigenvalue weighted by Crippen LogP contribution is -2.11. The molecule has 0 unspecified atom stereocenters. The van der Waals surface area contributed by atoms with Crippen LogP contribution in [0, 0.1) is 6.92 Å². The summed E-state index contributed by atoms with van der Waals surface area (Å²) in [4.78, 5) is 20.5. The van der Waals surface area contributed by atoms with E-state index >= 15 is 0 Å². The van der Waals surface area contributed by atoms with E-state index in [0.29, 0.717) is 16.3 Å². The van der Waals surface area contributed by atoms with E-state index < -0.39 is 5.97 Å². The Morgan fingerprint density at radius 2 is 1.93 bits per heavy atom. The Morgan fingerprint density at radius 1 is 1.13 bits per heavy atom. The molecule has 0 atom stereocenters. The van der Waals surface area contributed by atoms with Gasteiger partial charge in [0.15, 0.2) is 0 Å². The van der Waals surface area contributed by atoms with E-state index in [4.69, 9.17) is 15.5 Å². The molecule has 1 aromatic carbocycles. The van der Waals surface area contributed by atoms with Crippen molar-refractivity contribution in [1.82, 2.24) is 4.98 Å². The van der Waals surface area contributed by atoms with E-state index in [2.05, 4.69) is 17.5 Å². The van der Waals surface area contributed by atoms with Gasteiger partial charge < -0.3 is 10.5 Å². The molecule has 152 valence electrons. The molecule has 0 saturated carbocycles. The summed E-state index contributed by atoms with van der Waals surface area (Å²) in [6.45, 7) is 1.92. The standard InChI is InChI=1S/C24H22N2O2S2/c1-14-7-2-5-11-19(14)28-24(27)22-21(25)20-17-10-4-3-9-16(17)18(26-23(20)30-22)13-15-8-6-12-29-15/h2,5-8,11-12H,3-4,9-10,13,25H2,1H3. The zero-order valence-corrected chi connectivity index (χ0v) is 18.4. The molecule has 4 aromatic rings. The first-order valence-electron chi connectivity index (χ1n) is 10.1. The number of para-hydroxylation sites is 1. The number of fused-ring (bicyclic) bond motifs is 3. The van der Waals surface area contributed by atoms with Crippen LogP contribution < -0.4 is 10.5 Å². The maximum Gasteiger partial charge on any atom is 0.355 e. The molecule has 0 bridgehead atoms. The number of nitrogens with two attached hydrogens (primary N) is 1. The topological polar surface area (TPSA) is 65.2 Å². The van der Waals surface area contributed by atoms with Gasteiger partial charge in [-0.1, -0.05) is 24.3 Å². The lowest BCUT2D eigenvalue weighted by molar-refractivity contribution is 0.0739. The Kier molecular flexibility index (Phi) is 5.05. The van der Waals surface area contributed by atoms with Crippen molar-refractivity contribution in [3.8, 4) is 5.75 Å². The fourth-order valence-electron chi connectivity index (χ4n) is 4.18. The number of hydrogen-bond acceptors (Lipinski definition) is 6. The average molecular weight is 435 g/mol.